The molecule has 0 radical (unpaired) electrons. The summed E-state index contributed by atoms with van der Waals surface area (Å²) in [7, 11) is -0.0547. The van der Waals surface area contributed by atoms with Gasteiger partial charge in [-0.05, 0) is 60.6 Å². The molecule has 3 aromatic rings. The van der Waals surface area contributed by atoms with Crippen molar-refractivity contribution in [2.45, 2.75) is 45.0 Å². The summed E-state index contributed by atoms with van der Waals surface area (Å²) < 4.78 is 13.3. The van der Waals surface area contributed by atoms with Crippen LogP contribution in [0.1, 0.15) is 20.8 Å². The molecule has 7 heteroatoms. The first kappa shape index (κ1) is 22.7. The van der Waals surface area contributed by atoms with E-state index in [1.807, 2.05) is 37.4 Å². The Bertz CT molecular complexity index is 980. The van der Waals surface area contributed by atoms with Gasteiger partial charge in [0.2, 0.25) is 0 Å². The third-order valence-electron chi connectivity index (χ3n) is 5.69. The predicted molar refractivity (Wildman–Crippen MR) is 129 cm³/mol. The van der Waals surface area contributed by atoms with E-state index in [4.69, 9.17) is 14.1 Å². The highest BCUT2D eigenvalue weighted by Crippen LogP contribution is 2.37. The van der Waals surface area contributed by atoms with E-state index < -0.39 is 8.32 Å². The topological polar surface area (TPSA) is 63.6 Å². The van der Waals surface area contributed by atoms with Crippen LogP contribution in [-0.4, -0.2) is 44.8 Å². The number of rotatable bonds is 8. The van der Waals surface area contributed by atoms with E-state index in [-0.39, 0.29) is 17.7 Å². The lowest BCUT2D eigenvalue weighted by Gasteiger charge is -2.38. The Morgan fingerprint density at radius 1 is 1.13 bits per heavy atom. The van der Waals surface area contributed by atoms with Crippen molar-refractivity contribution in [2.75, 3.05) is 25.6 Å². The van der Waals surface area contributed by atoms with Gasteiger partial charge in [0.1, 0.15) is 23.5 Å². The van der Waals surface area contributed by atoms with Crippen molar-refractivity contribution < 1.29 is 14.3 Å². The molecule has 0 aliphatic rings. The van der Waals surface area contributed by atoms with Crippen LogP contribution in [0.25, 0.3) is 20.8 Å². The fourth-order valence-corrected chi connectivity index (χ4v) is 5.13. The molecule has 5 nitrogen and oxygen atoms in total. The number of nitrogens with one attached hydrogen (secondary N) is 1. The lowest BCUT2D eigenvalue weighted by Crippen LogP contribution is -2.46. The summed E-state index contributed by atoms with van der Waals surface area (Å²) in [6, 6.07) is 14.2. The minimum absolute atomic E-state index is 0.0535. The lowest BCUT2D eigenvalue weighted by atomic mass is 10.2. The van der Waals surface area contributed by atoms with Crippen LogP contribution in [0.4, 0.5) is 5.69 Å². The van der Waals surface area contributed by atoms with Crippen LogP contribution >= 0.6 is 11.3 Å². The highest BCUT2D eigenvalue weighted by Gasteiger charge is 2.39. The summed E-state index contributed by atoms with van der Waals surface area (Å²) in [4.78, 5) is 4.75. The number of hydrogen-bond donors (Lipinski definition) is 2. The van der Waals surface area contributed by atoms with Crippen LogP contribution in [0.15, 0.2) is 42.5 Å². The molecule has 0 aliphatic carbocycles. The quantitative estimate of drug-likeness (QED) is 0.432. The van der Waals surface area contributed by atoms with Gasteiger partial charge in [0.05, 0.1) is 16.8 Å². The van der Waals surface area contributed by atoms with Crippen molar-refractivity contribution in [3.8, 4) is 16.3 Å². The molecule has 0 saturated carbocycles. The van der Waals surface area contributed by atoms with Crippen molar-refractivity contribution in [1.82, 2.24) is 4.98 Å². The Morgan fingerprint density at radius 2 is 1.83 bits per heavy atom. The second kappa shape index (κ2) is 9.06. The summed E-state index contributed by atoms with van der Waals surface area (Å²) >= 11 is 1.65. The molecule has 30 heavy (non-hydrogen) atoms. The molecule has 1 aromatic heterocycles. The molecule has 3 rings (SSSR count). The van der Waals surface area contributed by atoms with E-state index in [0.717, 1.165) is 32.2 Å². The van der Waals surface area contributed by atoms with Gasteiger partial charge in [0, 0.05) is 18.3 Å². The normalized spacial score (nSPS) is 13.4. The first-order chi connectivity index (χ1) is 14.1. The summed E-state index contributed by atoms with van der Waals surface area (Å²) in [6.45, 7) is 11.2. The lowest BCUT2D eigenvalue weighted by molar-refractivity contribution is 0.0615. The van der Waals surface area contributed by atoms with E-state index in [1.165, 1.54) is 0 Å². The highest BCUT2D eigenvalue weighted by atomic mass is 32.1. The monoisotopic (exact) mass is 444 g/mol. The van der Waals surface area contributed by atoms with Gasteiger partial charge in [-0.2, -0.15) is 0 Å². The van der Waals surface area contributed by atoms with Gasteiger partial charge >= 0.3 is 0 Å². The van der Waals surface area contributed by atoms with Crippen molar-refractivity contribution in [2.24, 2.45) is 0 Å². The van der Waals surface area contributed by atoms with Gasteiger partial charge in [-0.15, -0.1) is 11.3 Å². The maximum Gasteiger partial charge on any atom is 0.192 e. The number of fused-ring (bicyclic) bond motifs is 1. The van der Waals surface area contributed by atoms with Crippen LogP contribution in [0.5, 0.6) is 5.75 Å². The van der Waals surface area contributed by atoms with E-state index in [0.29, 0.717) is 6.61 Å². The smallest absolute Gasteiger partial charge is 0.192 e. The number of anilines is 1. The van der Waals surface area contributed by atoms with Gasteiger partial charge in [-0.3, -0.25) is 0 Å². The van der Waals surface area contributed by atoms with E-state index in [1.54, 1.807) is 11.3 Å². The molecule has 0 aliphatic heterocycles. The van der Waals surface area contributed by atoms with Crippen LogP contribution in [0.2, 0.25) is 18.1 Å². The molecule has 0 unspecified atom stereocenters. The van der Waals surface area contributed by atoms with Crippen LogP contribution in [0.3, 0.4) is 0 Å². The van der Waals surface area contributed by atoms with Crippen LogP contribution in [-0.2, 0) is 4.43 Å². The summed E-state index contributed by atoms with van der Waals surface area (Å²) in [5, 5.41) is 14.0. The fourth-order valence-electron chi connectivity index (χ4n) is 2.80. The third-order valence-corrected chi connectivity index (χ3v) is 11.3. The molecule has 0 bridgehead atoms. The SMILES string of the molecule is CNc1ccc(-c2nc3ccc(OC[C@H](CO)O[Si](C)(C)C(C)(C)C)cc3s2)cc1. The Balaban J connectivity index is 1.70. The zero-order chi connectivity index (χ0) is 21.9. The molecular formula is C23H32N2O3SSi. The third kappa shape index (κ3) is 5.21. The Hall–Kier alpha value is -1.93. The number of hydrogen-bond acceptors (Lipinski definition) is 6. The number of aromatic nitrogens is 1. The highest BCUT2D eigenvalue weighted by molar-refractivity contribution is 7.21. The number of ether oxygens (including phenoxy) is 1. The Morgan fingerprint density at radius 3 is 2.43 bits per heavy atom. The number of nitrogens with zero attached hydrogens (tertiary/aromatic N) is 1. The molecule has 0 fully saturated rings. The fraction of sp³-hybridized carbons (Fsp3) is 0.435. The number of aliphatic hydroxyl groups excluding tert-OH is 1. The van der Waals surface area contributed by atoms with Gasteiger partial charge < -0.3 is 19.6 Å². The Labute approximate surface area is 184 Å². The average Bonchev–Trinajstić information content (AvgIpc) is 3.13. The van der Waals surface area contributed by atoms with E-state index >= 15 is 0 Å². The standard InChI is InChI=1S/C23H32N2O3SSi/c1-23(2,3)30(5,6)28-19(14-26)15-27-18-11-12-20-21(13-18)29-22(25-20)16-7-9-17(24-4)10-8-16/h7-13,19,24,26H,14-15H2,1-6H3/t19-/m0/s1. The predicted octanol–water partition coefficient (Wildman–Crippen LogP) is 5.77. The van der Waals surface area contributed by atoms with Gasteiger partial charge in [0.25, 0.3) is 0 Å². The summed E-state index contributed by atoms with van der Waals surface area (Å²) in [5.74, 6) is 0.764. The second-order valence-corrected chi connectivity index (χ2v) is 14.8. The summed E-state index contributed by atoms with van der Waals surface area (Å²) in [5.41, 5.74) is 3.13. The van der Waals surface area contributed by atoms with Crippen LogP contribution in [0, 0.1) is 0 Å². The minimum atomic E-state index is -1.96. The first-order valence-corrected chi connectivity index (χ1v) is 14.0. The number of aliphatic hydroxyl groups is 1. The van der Waals surface area contributed by atoms with E-state index in [2.05, 4.69) is 51.3 Å². The molecule has 2 N–H and O–H groups in total. The first-order valence-electron chi connectivity index (χ1n) is 10.2. The van der Waals surface area contributed by atoms with Crippen molar-refractivity contribution >= 4 is 35.6 Å². The van der Waals surface area contributed by atoms with Crippen molar-refractivity contribution in [1.29, 1.82) is 0 Å². The molecule has 0 amide bonds. The zero-order valence-electron chi connectivity index (χ0n) is 18.7. The van der Waals surface area contributed by atoms with E-state index in [9.17, 15) is 5.11 Å². The van der Waals surface area contributed by atoms with Gasteiger partial charge in [-0.1, -0.05) is 20.8 Å². The average molecular weight is 445 g/mol. The molecule has 0 saturated heterocycles. The van der Waals surface area contributed by atoms with Gasteiger partial charge in [0.15, 0.2) is 8.32 Å². The maximum atomic E-state index is 9.78. The molecule has 0 spiro atoms. The molecule has 1 heterocycles. The molecule has 162 valence electrons. The Kier molecular flexibility index (Phi) is 6.87. The zero-order valence-corrected chi connectivity index (χ0v) is 20.5. The van der Waals surface area contributed by atoms with Gasteiger partial charge in [-0.25, -0.2) is 4.98 Å². The summed E-state index contributed by atoms with van der Waals surface area (Å²) in [6.07, 6.45) is -0.329. The van der Waals surface area contributed by atoms with Crippen molar-refractivity contribution in [3.63, 3.8) is 0 Å². The maximum absolute atomic E-state index is 9.78. The number of thiazole rings is 1. The molecular weight excluding hydrogens is 412 g/mol. The second-order valence-electron chi connectivity index (χ2n) is 8.97. The number of benzene rings is 2. The van der Waals surface area contributed by atoms with Crippen LogP contribution < -0.4 is 10.1 Å². The molecule has 1 atom stereocenters. The largest absolute Gasteiger partial charge is 0.491 e. The van der Waals surface area contributed by atoms with Crippen molar-refractivity contribution in [3.05, 3.63) is 42.5 Å². The minimum Gasteiger partial charge on any atom is -0.491 e. The molecule has 2 aromatic carbocycles.